The molecule has 5 atom stereocenters. The van der Waals surface area contributed by atoms with Crippen LogP contribution in [-0.4, -0.2) is 83.1 Å². The Morgan fingerprint density at radius 2 is 1.72 bits per heavy atom. The topological polar surface area (TPSA) is 238 Å². The van der Waals surface area contributed by atoms with E-state index < -0.39 is 72.7 Å². The Morgan fingerprint density at radius 1 is 1.00 bits per heavy atom. The number of carbonyl (C=O) groups excluding carboxylic acids is 4. The van der Waals surface area contributed by atoms with Crippen molar-refractivity contribution >= 4 is 35.6 Å². The fourth-order valence-corrected chi connectivity index (χ4v) is 3.65. The number of carbonyl (C=O) groups is 5. The lowest BCUT2D eigenvalue weighted by molar-refractivity contribution is -0.141. The van der Waals surface area contributed by atoms with Crippen molar-refractivity contribution in [2.75, 3.05) is 13.1 Å². The Bertz CT molecular complexity index is 784. The predicted molar refractivity (Wildman–Crippen MR) is 110 cm³/mol. The summed E-state index contributed by atoms with van der Waals surface area (Å²) in [5, 5.41) is 29.1. The Morgan fingerprint density at radius 3 is 2.38 bits per heavy atom. The molecular formula is C18H29N7O7. The van der Waals surface area contributed by atoms with Gasteiger partial charge in [0.05, 0.1) is 25.1 Å². The quantitative estimate of drug-likeness (QED) is 0.110. The highest BCUT2D eigenvalue weighted by Crippen LogP contribution is 2.27. The van der Waals surface area contributed by atoms with Crippen LogP contribution in [0.4, 0.5) is 0 Å². The van der Waals surface area contributed by atoms with Crippen LogP contribution in [0.25, 0.3) is 0 Å². The first-order valence-corrected chi connectivity index (χ1v) is 10.2. The fourth-order valence-electron chi connectivity index (χ4n) is 3.65. The number of carboxylic acid groups (broad SMARTS) is 1. The monoisotopic (exact) mass is 455 g/mol. The number of nitrogens with two attached hydrogens (primary N) is 2. The highest BCUT2D eigenvalue weighted by molar-refractivity contribution is 5.94. The largest absolute Gasteiger partial charge is 0.481 e. The van der Waals surface area contributed by atoms with Crippen molar-refractivity contribution in [1.82, 2.24) is 21.3 Å². The molecule has 0 spiro atoms. The van der Waals surface area contributed by atoms with Crippen LogP contribution in [0, 0.1) is 5.92 Å². The molecule has 0 unspecified atom stereocenters. The van der Waals surface area contributed by atoms with Crippen LogP contribution in [0.1, 0.15) is 32.1 Å². The van der Waals surface area contributed by atoms with Gasteiger partial charge < -0.3 is 42.9 Å². The number of aliphatic hydroxyl groups excluding tert-OH is 1. The third-order valence-electron chi connectivity index (χ3n) is 5.26. The normalized spacial score (nSPS) is 29.1. The van der Waals surface area contributed by atoms with Crippen molar-refractivity contribution in [2.45, 2.75) is 56.3 Å². The number of aliphatic hydroxyl groups is 1. The predicted octanol–water partition coefficient (Wildman–Crippen LogP) is -4.13. The van der Waals surface area contributed by atoms with Crippen LogP contribution < -0.4 is 32.7 Å². The van der Waals surface area contributed by atoms with Gasteiger partial charge >= 0.3 is 5.97 Å². The molecule has 178 valence electrons. The highest BCUT2D eigenvalue weighted by Gasteiger charge is 2.40. The van der Waals surface area contributed by atoms with Crippen LogP contribution in [-0.2, 0) is 24.0 Å². The van der Waals surface area contributed by atoms with Crippen molar-refractivity contribution < 1.29 is 34.2 Å². The molecule has 2 rings (SSSR count). The first-order valence-electron chi connectivity index (χ1n) is 10.2. The number of aliphatic imine (C=N–C) groups is 1. The minimum atomic E-state index is -1.41. The van der Waals surface area contributed by atoms with Gasteiger partial charge in [0, 0.05) is 12.5 Å². The van der Waals surface area contributed by atoms with Crippen molar-refractivity contribution in [1.29, 1.82) is 0 Å². The maximum atomic E-state index is 12.7. The summed E-state index contributed by atoms with van der Waals surface area (Å²) in [6.45, 7) is -0.298. The van der Waals surface area contributed by atoms with Gasteiger partial charge in [-0.25, -0.2) is 0 Å². The molecular weight excluding hydrogens is 426 g/mol. The summed E-state index contributed by atoms with van der Waals surface area (Å²) < 4.78 is 0. The summed E-state index contributed by atoms with van der Waals surface area (Å²) in [6, 6.07) is -3.19. The summed E-state index contributed by atoms with van der Waals surface area (Å²) >= 11 is 0. The third kappa shape index (κ3) is 7.37. The molecule has 0 aromatic carbocycles. The molecule has 1 aliphatic carbocycles. The lowest BCUT2D eigenvalue weighted by Gasteiger charge is -2.23. The molecule has 0 aromatic rings. The van der Waals surface area contributed by atoms with Gasteiger partial charge in [-0.3, -0.25) is 29.0 Å². The number of aliphatic carboxylic acids is 1. The number of nitrogens with zero attached hydrogens (tertiary/aromatic N) is 1. The molecule has 2 aliphatic rings. The van der Waals surface area contributed by atoms with E-state index in [1.165, 1.54) is 0 Å². The van der Waals surface area contributed by atoms with E-state index in [9.17, 15) is 29.1 Å². The standard InChI is InChI=1S/C18H29N7O7/c19-18(20)21-3-1-2-9-16(31)22-7-13(27)23-11(6-14(28)29)17(32)25-10-4-8(5-12(10)26)15(30)24-9/h8-12,26H,1-7H2,(H,22,31)(H,23,27)(H,24,30)(H,25,32)(H,28,29)(H4,19,20,21)/t8-,9-,10+,11+,12+/m0/s1. The smallest absolute Gasteiger partial charge is 0.305 e. The van der Waals surface area contributed by atoms with Crippen molar-refractivity contribution in [3.8, 4) is 0 Å². The lowest BCUT2D eigenvalue weighted by atomic mass is 10.0. The number of hydrogen-bond acceptors (Lipinski definition) is 7. The molecule has 14 nitrogen and oxygen atoms in total. The Hall–Kier alpha value is -3.42. The van der Waals surface area contributed by atoms with Gasteiger partial charge in [0.1, 0.15) is 12.1 Å². The van der Waals surface area contributed by atoms with E-state index in [2.05, 4.69) is 26.3 Å². The van der Waals surface area contributed by atoms with Gasteiger partial charge in [-0.05, 0) is 25.7 Å². The third-order valence-corrected chi connectivity index (χ3v) is 5.26. The maximum Gasteiger partial charge on any atom is 0.305 e. The molecule has 2 fully saturated rings. The molecule has 0 radical (unpaired) electrons. The van der Waals surface area contributed by atoms with E-state index in [1.807, 2.05) is 0 Å². The average Bonchev–Trinajstić information content (AvgIpc) is 3.07. The van der Waals surface area contributed by atoms with Gasteiger partial charge in [0.2, 0.25) is 23.6 Å². The highest BCUT2D eigenvalue weighted by atomic mass is 16.4. The molecule has 1 heterocycles. The minimum Gasteiger partial charge on any atom is -0.481 e. The summed E-state index contributed by atoms with van der Waals surface area (Å²) in [4.78, 5) is 64.9. The Balaban J connectivity index is 2.19. The molecule has 32 heavy (non-hydrogen) atoms. The molecule has 14 heteroatoms. The Labute approximate surface area is 183 Å². The fraction of sp³-hybridized carbons (Fsp3) is 0.667. The second-order valence-corrected chi connectivity index (χ2v) is 7.80. The molecule has 10 N–H and O–H groups in total. The summed E-state index contributed by atoms with van der Waals surface area (Å²) in [7, 11) is 0. The number of amides is 4. The second-order valence-electron chi connectivity index (χ2n) is 7.80. The van der Waals surface area contributed by atoms with Crippen LogP contribution in [0.5, 0.6) is 0 Å². The van der Waals surface area contributed by atoms with Crippen molar-refractivity contribution in [2.24, 2.45) is 22.4 Å². The van der Waals surface area contributed by atoms with E-state index in [-0.39, 0.29) is 31.8 Å². The van der Waals surface area contributed by atoms with Crippen LogP contribution in [0.2, 0.25) is 0 Å². The molecule has 1 saturated heterocycles. The number of carboxylic acids is 1. The van der Waals surface area contributed by atoms with E-state index >= 15 is 0 Å². The SMILES string of the molecule is NC(N)=NCCC[C@@H]1NC(=O)[C@@H]2C[C@@H](O)[C@@H](C2)NC(=O)[C@@H](CC(=O)O)NC(=O)CNC1=O. The van der Waals surface area contributed by atoms with E-state index in [1.54, 1.807) is 0 Å². The van der Waals surface area contributed by atoms with Crippen LogP contribution in [0.15, 0.2) is 4.99 Å². The number of rotatable bonds is 6. The van der Waals surface area contributed by atoms with Crippen LogP contribution >= 0.6 is 0 Å². The van der Waals surface area contributed by atoms with Crippen molar-refractivity contribution in [3.05, 3.63) is 0 Å². The van der Waals surface area contributed by atoms with Crippen molar-refractivity contribution in [3.63, 3.8) is 0 Å². The maximum absolute atomic E-state index is 12.7. The number of nitrogens with one attached hydrogen (secondary N) is 4. The molecule has 4 amide bonds. The Kier molecular flexibility index (Phi) is 8.75. The lowest BCUT2D eigenvalue weighted by Crippen LogP contribution is -2.55. The van der Waals surface area contributed by atoms with Gasteiger partial charge in [0.15, 0.2) is 5.96 Å². The number of fused-ring (bicyclic) bond motifs is 2. The van der Waals surface area contributed by atoms with Gasteiger partial charge in [-0.1, -0.05) is 0 Å². The van der Waals surface area contributed by atoms with E-state index in [0.29, 0.717) is 6.42 Å². The van der Waals surface area contributed by atoms with Gasteiger partial charge in [-0.2, -0.15) is 0 Å². The summed E-state index contributed by atoms with van der Waals surface area (Å²) in [6.07, 6.45) is -1.03. The van der Waals surface area contributed by atoms with Crippen LogP contribution in [0.3, 0.4) is 0 Å². The first-order chi connectivity index (χ1) is 15.1. The number of hydrogen-bond donors (Lipinski definition) is 8. The summed E-state index contributed by atoms with van der Waals surface area (Å²) in [5.41, 5.74) is 10.5. The van der Waals surface area contributed by atoms with Gasteiger partial charge in [-0.15, -0.1) is 0 Å². The zero-order valence-corrected chi connectivity index (χ0v) is 17.4. The van der Waals surface area contributed by atoms with E-state index in [4.69, 9.17) is 16.6 Å². The molecule has 0 aromatic heterocycles. The molecule has 2 bridgehead atoms. The minimum absolute atomic E-state index is 0.0507. The van der Waals surface area contributed by atoms with Gasteiger partial charge in [0.25, 0.3) is 0 Å². The van der Waals surface area contributed by atoms with E-state index in [0.717, 1.165) is 0 Å². The average molecular weight is 455 g/mol. The second kappa shape index (κ2) is 11.3. The number of guanidine groups is 1. The summed E-state index contributed by atoms with van der Waals surface area (Å²) in [5.74, 6) is -4.79. The first kappa shape index (κ1) is 24.8. The molecule has 1 saturated carbocycles. The zero-order chi connectivity index (χ0) is 23.8. The zero-order valence-electron chi connectivity index (χ0n) is 17.4. The molecule has 1 aliphatic heterocycles.